The average Bonchev–Trinajstić information content (AvgIpc) is 2.24. The normalized spacial score (nSPS) is 14.3. The molecule has 2 nitrogen and oxygen atoms in total. The molecule has 1 atom stereocenters. The molecule has 0 amide bonds. The zero-order valence-electron chi connectivity index (χ0n) is 11.3. The molecule has 0 saturated carbocycles. The number of aliphatic hydroxyl groups excluding tert-OH is 1. The standard InChI is InChI=1S/C14H19F3O2/c1-13(2,3)11(9-18)8-10-4-6-12(7-5-10)19-14(15,16)17/h4-7,11,18H,8-9H2,1-3H3. The summed E-state index contributed by atoms with van der Waals surface area (Å²) in [5.74, 6) is -0.172. The van der Waals surface area contributed by atoms with Gasteiger partial charge in [-0.2, -0.15) is 0 Å². The highest BCUT2D eigenvalue weighted by molar-refractivity contribution is 5.27. The molecule has 1 aromatic rings. The van der Waals surface area contributed by atoms with E-state index in [0.717, 1.165) is 5.56 Å². The van der Waals surface area contributed by atoms with Crippen LogP contribution in [0.4, 0.5) is 13.2 Å². The number of aliphatic hydroxyl groups is 1. The molecule has 0 saturated heterocycles. The average molecular weight is 276 g/mol. The highest BCUT2D eigenvalue weighted by atomic mass is 19.4. The van der Waals surface area contributed by atoms with Crippen molar-refractivity contribution in [1.29, 1.82) is 0 Å². The van der Waals surface area contributed by atoms with Gasteiger partial charge in [0.25, 0.3) is 0 Å². The number of ether oxygens (including phenoxy) is 1. The molecule has 1 unspecified atom stereocenters. The van der Waals surface area contributed by atoms with Gasteiger partial charge >= 0.3 is 6.36 Å². The van der Waals surface area contributed by atoms with Gasteiger partial charge in [-0.3, -0.25) is 0 Å². The topological polar surface area (TPSA) is 29.5 Å². The van der Waals surface area contributed by atoms with Crippen molar-refractivity contribution in [3.63, 3.8) is 0 Å². The lowest BCUT2D eigenvalue weighted by Gasteiger charge is -2.29. The molecule has 0 radical (unpaired) electrons. The molecule has 1 aromatic carbocycles. The van der Waals surface area contributed by atoms with Gasteiger partial charge in [0.2, 0.25) is 0 Å². The molecule has 1 N–H and O–H groups in total. The Morgan fingerprint density at radius 3 is 2.00 bits per heavy atom. The fourth-order valence-electron chi connectivity index (χ4n) is 1.76. The molecule has 5 heteroatoms. The molecule has 0 aliphatic heterocycles. The fourth-order valence-corrected chi connectivity index (χ4v) is 1.76. The minimum absolute atomic E-state index is 0.0459. The van der Waals surface area contributed by atoms with Gasteiger partial charge < -0.3 is 9.84 Å². The van der Waals surface area contributed by atoms with Crippen LogP contribution in [0, 0.1) is 11.3 Å². The molecule has 1 rings (SSSR count). The maximum atomic E-state index is 12.0. The van der Waals surface area contributed by atoms with Crippen LogP contribution in [0.15, 0.2) is 24.3 Å². The zero-order chi connectivity index (χ0) is 14.7. The number of hydrogen-bond donors (Lipinski definition) is 1. The lowest BCUT2D eigenvalue weighted by Crippen LogP contribution is -2.26. The predicted molar refractivity (Wildman–Crippen MR) is 66.9 cm³/mol. The van der Waals surface area contributed by atoms with Gasteiger partial charge in [-0.25, -0.2) is 0 Å². The Morgan fingerprint density at radius 1 is 1.11 bits per heavy atom. The molecule has 108 valence electrons. The number of alkyl halides is 3. The van der Waals surface area contributed by atoms with Crippen molar-refractivity contribution < 1.29 is 23.0 Å². The van der Waals surface area contributed by atoms with Crippen molar-refractivity contribution in [3.8, 4) is 5.75 Å². The van der Waals surface area contributed by atoms with E-state index in [4.69, 9.17) is 0 Å². The van der Waals surface area contributed by atoms with Gasteiger partial charge in [0.1, 0.15) is 5.75 Å². The summed E-state index contributed by atoms with van der Waals surface area (Å²) in [4.78, 5) is 0. The lowest BCUT2D eigenvalue weighted by molar-refractivity contribution is -0.274. The number of benzene rings is 1. The first-order valence-electron chi connectivity index (χ1n) is 6.07. The van der Waals surface area contributed by atoms with Crippen molar-refractivity contribution in [2.45, 2.75) is 33.6 Å². The molecular formula is C14H19F3O2. The summed E-state index contributed by atoms with van der Waals surface area (Å²) in [6.07, 6.45) is -4.05. The van der Waals surface area contributed by atoms with E-state index < -0.39 is 6.36 Å². The summed E-state index contributed by atoms with van der Waals surface area (Å²) in [7, 11) is 0. The minimum atomic E-state index is -4.67. The van der Waals surface area contributed by atoms with Crippen LogP contribution in [0.3, 0.4) is 0 Å². The SMILES string of the molecule is CC(C)(C)C(CO)Cc1ccc(OC(F)(F)F)cc1. The second-order valence-electron chi connectivity index (χ2n) is 5.64. The summed E-state index contributed by atoms with van der Waals surface area (Å²) in [5, 5.41) is 9.36. The van der Waals surface area contributed by atoms with E-state index in [0.29, 0.717) is 6.42 Å². The van der Waals surface area contributed by atoms with Crippen molar-refractivity contribution in [2.24, 2.45) is 11.3 Å². The van der Waals surface area contributed by atoms with E-state index in [9.17, 15) is 18.3 Å². The number of rotatable bonds is 4. The first kappa shape index (κ1) is 15.8. The van der Waals surface area contributed by atoms with Crippen molar-refractivity contribution in [1.82, 2.24) is 0 Å². The maximum absolute atomic E-state index is 12.0. The third-order valence-electron chi connectivity index (χ3n) is 3.08. The second kappa shape index (κ2) is 5.82. The first-order chi connectivity index (χ1) is 8.62. The zero-order valence-corrected chi connectivity index (χ0v) is 11.3. The molecule has 19 heavy (non-hydrogen) atoms. The Bertz CT molecular complexity index is 391. The van der Waals surface area contributed by atoms with Crippen LogP contribution in [0.1, 0.15) is 26.3 Å². The van der Waals surface area contributed by atoms with Gasteiger partial charge in [0.15, 0.2) is 0 Å². The van der Waals surface area contributed by atoms with Gasteiger partial charge in [0, 0.05) is 6.61 Å². The van der Waals surface area contributed by atoms with Crippen LogP contribution >= 0.6 is 0 Å². The molecule has 0 bridgehead atoms. The van der Waals surface area contributed by atoms with E-state index in [-0.39, 0.29) is 23.7 Å². The Balaban J connectivity index is 2.71. The van der Waals surface area contributed by atoms with Gasteiger partial charge in [-0.15, -0.1) is 13.2 Å². The molecular weight excluding hydrogens is 257 g/mol. The van der Waals surface area contributed by atoms with Gasteiger partial charge in [0.05, 0.1) is 0 Å². The summed E-state index contributed by atoms with van der Waals surface area (Å²) in [6, 6.07) is 5.77. The summed E-state index contributed by atoms with van der Waals surface area (Å²) in [5.41, 5.74) is 0.819. The summed E-state index contributed by atoms with van der Waals surface area (Å²) >= 11 is 0. The van der Waals surface area contributed by atoms with Crippen LogP contribution < -0.4 is 4.74 Å². The maximum Gasteiger partial charge on any atom is 0.573 e. The Morgan fingerprint density at radius 2 is 1.63 bits per heavy atom. The molecule has 0 fully saturated rings. The molecule has 0 aliphatic carbocycles. The highest BCUT2D eigenvalue weighted by Crippen LogP contribution is 2.29. The van der Waals surface area contributed by atoms with E-state index in [1.807, 2.05) is 20.8 Å². The predicted octanol–water partition coefficient (Wildman–Crippen LogP) is 3.78. The van der Waals surface area contributed by atoms with Crippen LogP contribution in [0.2, 0.25) is 0 Å². The summed E-state index contributed by atoms with van der Waals surface area (Å²) < 4.78 is 39.8. The molecule has 0 aromatic heterocycles. The van der Waals surface area contributed by atoms with Crippen molar-refractivity contribution >= 4 is 0 Å². The Kier molecular flexibility index (Phi) is 4.85. The molecule has 0 spiro atoms. The molecule has 0 heterocycles. The number of halogens is 3. The monoisotopic (exact) mass is 276 g/mol. The summed E-state index contributed by atoms with van der Waals surface area (Å²) in [6.45, 7) is 6.11. The third-order valence-corrected chi connectivity index (χ3v) is 3.08. The van der Waals surface area contributed by atoms with E-state index in [1.165, 1.54) is 12.1 Å². The minimum Gasteiger partial charge on any atom is -0.406 e. The largest absolute Gasteiger partial charge is 0.573 e. The van der Waals surface area contributed by atoms with Gasteiger partial charge in [-0.1, -0.05) is 32.9 Å². The fraction of sp³-hybridized carbons (Fsp3) is 0.571. The quantitative estimate of drug-likeness (QED) is 0.906. The Labute approximate surface area is 111 Å². The van der Waals surface area contributed by atoms with Crippen LogP contribution in [0.5, 0.6) is 5.75 Å². The van der Waals surface area contributed by atoms with E-state index in [1.54, 1.807) is 12.1 Å². The smallest absolute Gasteiger partial charge is 0.406 e. The first-order valence-corrected chi connectivity index (χ1v) is 6.07. The highest BCUT2D eigenvalue weighted by Gasteiger charge is 2.31. The lowest BCUT2D eigenvalue weighted by atomic mass is 9.78. The van der Waals surface area contributed by atoms with Crippen LogP contribution in [-0.2, 0) is 6.42 Å². The van der Waals surface area contributed by atoms with Crippen LogP contribution in [0.25, 0.3) is 0 Å². The van der Waals surface area contributed by atoms with Crippen molar-refractivity contribution in [3.05, 3.63) is 29.8 Å². The third kappa shape index (κ3) is 5.51. The molecule has 0 aliphatic rings. The Hall–Kier alpha value is -1.23. The van der Waals surface area contributed by atoms with Gasteiger partial charge in [-0.05, 0) is 35.4 Å². The number of hydrogen-bond acceptors (Lipinski definition) is 2. The van der Waals surface area contributed by atoms with E-state index in [2.05, 4.69) is 4.74 Å². The van der Waals surface area contributed by atoms with Crippen LogP contribution in [-0.4, -0.2) is 18.1 Å². The second-order valence-corrected chi connectivity index (χ2v) is 5.64. The van der Waals surface area contributed by atoms with E-state index >= 15 is 0 Å². The van der Waals surface area contributed by atoms with Crippen molar-refractivity contribution in [2.75, 3.05) is 6.61 Å².